The Morgan fingerprint density at radius 2 is 2.06 bits per heavy atom. The van der Waals surface area contributed by atoms with Crippen LogP contribution in [0.3, 0.4) is 0 Å². The summed E-state index contributed by atoms with van der Waals surface area (Å²) < 4.78 is 0. The van der Waals surface area contributed by atoms with E-state index in [2.05, 4.69) is 35.8 Å². The van der Waals surface area contributed by atoms with Gasteiger partial charge in [-0.3, -0.25) is 0 Å². The van der Waals surface area contributed by atoms with E-state index in [1.165, 1.54) is 24.8 Å². The monoisotopic (exact) mass is 218 g/mol. The summed E-state index contributed by atoms with van der Waals surface area (Å²) in [4.78, 5) is 0. The summed E-state index contributed by atoms with van der Waals surface area (Å²) in [5.41, 5.74) is 4.55. The van der Waals surface area contributed by atoms with Gasteiger partial charge < -0.3 is 10.6 Å². The first-order chi connectivity index (χ1) is 7.79. The Hall–Kier alpha value is -0.860. The summed E-state index contributed by atoms with van der Waals surface area (Å²) in [6.45, 7) is 4.21. The Balaban J connectivity index is 1.90. The Bertz CT molecular complexity index is 347. The fraction of sp³-hybridized carbons (Fsp3) is 0.571. The first-order valence-electron chi connectivity index (χ1n) is 6.28. The lowest BCUT2D eigenvalue weighted by Gasteiger charge is -2.13. The number of fused-ring (bicyclic) bond motifs is 1. The van der Waals surface area contributed by atoms with Gasteiger partial charge in [0.2, 0.25) is 0 Å². The van der Waals surface area contributed by atoms with Gasteiger partial charge in [-0.1, -0.05) is 18.2 Å². The maximum atomic E-state index is 3.53. The standard InChI is InChI=1S/C14H22N2/c1-11(9-15-2)16-10-12-6-7-13-4-3-5-14(13)8-12/h6-8,11,15-16H,3-5,9-10H2,1-2H3. The number of likely N-dealkylation sites (N-methyl/N-ethyl adjacent to an activating group) is 1. The van der Waals surface area contributed by atoms with Crippen molar-refractivity contribution in [2.24, 2.45) is 0 Å². The van der Waals surface area contributed by atoms with E-state index in [9.17, 15) is 0 Å². The van der Waals surface area contributed by atoms with Gasteiger partial charge >= 0.3 is 0 Å². The summed E-state index contributed by atoms with van der Waals surface area (Å²) >= 11 is 0. The van der Waals surface area contributed by atoms with E-state index in [0.29, 0.717) is 6.04 Å². The molecule has 1 aromatic rings. The van der Waals surface area contributed by atoms with Crippen molar-refractivity contribution in [1.29, 1.82) is 0 Å². The Labute approximate surface area is 98.4 Å². The largest absolute Gasteiger partial charge is 0.318 e. The summed E-state index contributed by atoms with van der Waals surface area (Å²) in [5.74, 6) is 0. The van der Waals surface area contributed by atoms with E-state index in [-0.39, 0.29) is 0 Å². The van der Waals surface area contributed by atoms with Crippen LogP contribution in [0, 0.1) is 0 Å². The zero-order chi connectivity index (χ0) is 11.4. The van der Waals surface area contributed by atoms with Gasteiger partial charge in [-0.2, -0.15) is 0 Å². The Morgan fingerprint density at radius 1 is 1.25 bits per heavy atom. The lowest BCUT2D eigenvalue weighted by atomic mass is 10.1. The molecule has 0 heterocycles. The van der Waals surface area contributed by atoms with E-state index < -0.39 is 0 Å². The molecule has 0 saturated heterocycles. The number of benzene rings is 1. The highest BCUT2D eigenvalue weighted by Crippen LogP contribution is 2.22. The van der Waals surface area contributed by atoms with Crippen LogP contribution < -0.4 is 10.6 Å². The molecule has 2 nitrogen and oxygen atoms in total. The van der Waals surface area contributed by atoms with Crippen molar-refractivity contribution in [3.05, 3.63) is 34.9 Å². The predicted octanol–water partition coefficient (Wildman–Crippen LogP) is 1.87. The molecule has 0 bridgehead atoms. The van der Waals surface area contributed by atoms with Crippen molar-refractivity contribution in [3.63, 3.8) is 0 Å². The zero-order valence-electron chi connectivity index (χ0n) is 10.3. The van der Waals surface area contributed by atoms with Crippen LogP contribution in [-0.2, 0) is 19.4 Å². The molecule has 2 N–H and O–H groups in total. The molecule has 1 aromatic carbocycles. The average Bonchev–Trinajstić information content (AvgIpc) is 2.74. The van der Waals surface area contributed by atoms with Crippen molar-refractivity contribution < 1.29 is 0 Å². The molecule has 2 heteroatoms. The number of aryl methyl sites for hydroxylation is 2. The molecule has 1 atom stereocenters. The normalized spacial score (nSPS) is 16.1. The molecule has 0 spiro atoms. The third kappa shape index (κ3) is 2.83. The number of nitrogens with one attached hydrogen (secondary N) is 2. The van der Waals surface area contributed by atoms with Gasteiger partial charge in [0.25, 0.3) is 0 Å². The molecule has 0 saturated carbocycles. The van der Waals surface area contributed by atoms with Crippen LogP contribution in [0.5, 0.6) is 0 Å². The van der Waals surface area contributed by atoms with Gasteiger partial charge in [-0.15, -0.1) is 0 Å². The van der Waals surface area contributed by atoms with Crippen LogP contribution >= 0.6 is 0 Å². The summed E-state index contributed by atoms with van der Waals surface area (Å²) in [6.07, 6.45) is 3.89. The molecule has 88 valence electrons. The first kappa shape index (κ1) is 11.6. The highest BCUT2D eigenvalue weighted by atomic mass is 15.0. The van der Waals surface area contributed by atoms with Crippen LogP contribution in [0.2, 0.25) is 0 Å². The van der Waals surface area contributed by atoms with Crippen LogP contribution in [0.4, 0.5) is 0 Å². The molecule has 0 aliphatic heterocycles. The minimum Gasteiger partial charge on any atom is -0.318 e. The van der Waals surface area contributed by atoms with Crippen molar-refractivity contribution in [1.82, 2.24) is 10.6 Å². The topological polar surface area (TPSA) is 24.1 Å². The van der Waals surface area contributed by atoms with E-state index in [1.807, 2.05) is 7.05 Å². The fourth-order valence-corrected chi connectivity index (χ4v) is 2.41. The summed E-state index contributed by atoms with van der Waals surface area (Å²) in [6, 6.07) is 7.48. The molecule has 0 fully saturated rings. The van der Waals surface area contributed by atoms with Crippen LogP contribution in [0.1, 0.15) is 30.0 Å². The second-order valence-electron chi connectivity index (χ2n) is 4.80. The molecule has 1 unspecified atom stereocenters. The minimum atomic E-state index is 0.526. The smallest absolute Gasteiger partial charge is 0.0208 e. The lowest BCUT2D eigenvalue weighted by molar-refractivity contribution is 0.523. The predicted molar refractivity (Wildman–Crippen MR) is 68.7 cm³/mol. The van der Waals surface area contributed by atoms with E-state index >= 15 is 0 Å². The fourth-order valence-electron chi connectivity index (χ4n) is 2.41. The lowest BCUT2D eigenvalue weighted by Crippen LogP contribution is -2.34. The third-order valence-corrected chi connectivity index (χ3v) is 3.33. The van der Waals surface area contributed by atoms with Crippen LogP contribution in [0.25, 0.3) is 0 Å². The molecule has 1 aliphatic carbocycles. The maximum absolute atomic E-state index is 3.53. The van der Waals surface area contributed by atoms with E-state index in [4.69, 9.17) is 0 Å². The summed E-state index contributed by atoms with van der Waals surface area (Å²) in [5, 5.41) is 6.71. The first-order valence-corrected chi connectivity index (χ1v) is 6.28. The highest BCUT2D eigenvalue weighted by Gasteiger charge is 2.10. The molecular formula is C14H22N2. The Kier molecular flexibility index (Phi) is 3.97. The third-order valence-electron chi connectivity index (χ3n) is 3.33. The maximum Gasteiger partial charge on any atom is 0.0208 e. The van der Waals surface area contributed by atoms with Crippen molar-refractivity contribution in [2.45, 2.75) is 38.8 Å². The van der Waals surface area contributed by atoms with Gasteiger partial charge in [0, 0.05) is 19.1 Å². The van der Waals surface area contributed by atoms with E-state index in [0.717, 1.165) is 13.1 Å². The molecule has 16 heavy (non-hydrogen) atoms. The molecular weight excluding hydrogens is 196 g/mol. The zero-order valence-corrected chi connectivity index (χ0v) is 10.3. The number of hydrogen-bond donors (Lipinski definition) is 2. The van der Waals surface area contributed by atoms with Gasteiger partial charge in [0.1, 0.15) is 0 Å². The van der Waals surface area contributed by atoms with Crippen molar-refractivity contribution in [2.75, 3.05) is 13.6 Å². The minimum absolute atomic E-state index is 0.526. The van der Waals surface area contributed by atoms with Gasteiger partial charge in [-0.05, 0) is 49.9 Å². The summed E-state index contributed by atoms with van der Waals surface area (Å²) in [7, 11) is 1.99. The Morgan fingerprint density at radius 3 is 2.88 bits per heavy atom. The van der Waals surface area contributed by atoms with Gasteiger partial charge in [-0.25, -0.2) is 0 Å². The van der Waals surface area contributed by atoms with Crippen LogP contribution in [-0.4, -0.2) is 19.6 Å². The SMILES string of the molecule is CNCC(C)NCc1ccc2c(c1)CCC2. The van der Waals surface area contributed by atoms with Gasteiger partial charge in [0.15, 0.2) is 0 Å². The molecule has 0 radical (unpaired) electrons. The van der Waals surface area contributed by atoms with E-state index in [1.54, 1.807) is 11.1 Å². The second-order valence-corrected chi connectivity index (χ2v) is 4.80. The quantitative estimate of drug-likeness (QED) is 0.788. The van der Waals surface area contributed by atoms with Crippen LogP contribution in [0.15, 0.2) is 18.2 Å². The van der Waals surface area contributed by atoms with Gasteiger partial charge in [0.05, 0.1) is 0 Å². The van der Waals surface area contributed by atoms with Crippen molar-refractivity contribution in [3.8, 4) is 0 Å². The second kappa shape index (κ2) is 5.46. The molecule has 1 aliphatic rings. The highest BCUT2D eigenvalue weighted by molar-refractivity contribution is 5.35. The molecule has 0 aromatic heterocycles. The molecule has 0 amide bonds. The van der Waals surface area contributed by atoms with Crippen molar-refractivity contribution >= 4 is 0 Å². The number of hydrogen-bond acceptors (Lipinski definition) is 2. The molecule has 2 rings (SSSR count). The average molecular weight is 218 g/mol. The number of rotatable bonds is 5.